The van der Waals surface area contributed by atoms with E-state index in [-0.39, 0.29) is 6.61 Å². The molecule has 0 radical (unpaired) electrons. The molecule has 0 amide bonds. The number of nitrogens with one attached hydrogen (secondary N) is 1. The zero-order valence-corrected chi connectivity index (χ0v) is 9.34. The Morgan fingerprint density at radius 2 is 2.50 bits per heavy atom. The largest absolute Gasteiger partial charge is 0.394 e. The molecule has 0 saturated carbocycles. The van der Waals surface area contributed by atoms with Crippen LogP contribution >= 0.6 is 0 Å². The molecule has 88 valence electrons. The molecule has 1 atom stereocenters. The number of aliphatic hydroxyl groups is 1. The Hall–Kier alpha value is -1.49. The van der Waals surface area contributed by atoms with Crippen molar-refractivity contribution in [1.82, 2.24) is 20.3 Å². The van der Waals surface area contributed by atoms with Crippen molar-refractivity contribution in [3.05, 3.63) is 11.9 Å². The molecule has 0 aliphatic heterocycles. The van der Waals surface area contributed by atoms with Gasteiger partial charge < -0.3 is 15.2 Å². The fourth-order valence-corrected chi connectivity index (χ4v) is 1.44. The van der Waals surface area contributed by atoms with E-state index in [1.165, 1.54) is 6.20 Å². The Bertz CT molecular complexity index is 366. The van der Waals surface area contributed by atoms with Crippen molar-refractivity contribution >= 4 is 0 Å². The van der Waals surface area contributed by atoms with Gasteiger partial charge in [-0.15, -0.1) is 5.10 Å². The van der Waals surface area contributed by atoms with Gasteiger partial charge in [-0.1, -0.05) is 5.21 Å². The first-order valence-corrected chi connectivity index (χ1v) is 4.80. The molecule has 0 aromatic carbocycles. The van der Waals surface area contributed by atoms with Gasteiger partial charge in [0.15, 0.2) is 0 Å². The summed E-state index contributed by atoms with van der Waals surface area (Å²) in [6, 6.07) is 0. The number of methoxy groups -OCH3 is 1. The van der Waals surface area contributed by atoms with Gasteiger partial charge in [0.25, 0.3) is 0 Å². The lowest BCUT2D eigenvalue weighted by Gasteiger charge is -2.29. The molecule has 0 aliphatic rings. The molecule has 1 aromatic heterocycles. The Balaban J connectivity index is 2.78. The van der Waals surface area contributed by atoms with Gasteiger partial charge in [-0.05, 0) is 7.05 Å². The summed E-state index contributed by atoms with van der Waals surface area (Å²) in [7, 11) is 3.30. The third-order valence-electron chi connectivity index (χ3n) is 2.42. The van der Waals surface area contributed by atoms with E-state index in [9.17, 15) is 5.11 Å². The fraction of sp³-hybridized carbons (Fsp3) is 0.667. The first kappa shape index (κ1) is 12.6. The third-order valence-corrected chi connectivity index (χ3v) is 2.42. The molecule has 0 bridgehead atoms. The molecule has 7 nitrogen and oxygen atoms in total. The summed E-state index contributed by atoms with van der Waals surface area (Å²) in [5.41, 5.74) is 0.0347. The Labute approximate surface area is 93.6 Å². The SMILES string of the molecule is CNC(CO)(COC)Cc1cn(C#N)nn1. The molecule has 0 saturated heterocycles. The van der Waals surface area contributed by atoms with Gasteiger partial charge in [-0.25, -0.2) is 0 Å². The summed E-state index contributed by atoms with van der Waals surface area (Å²) in [5, 5.41) is 28.4. The number of aromatic nitrogens is 3. The zero-order valence-electron chi connectivity index (χ0n) is 9.34. The van der Waals surface area contributed by atoms with Crippen molar-refractivity contribution < 1.29 is 9.84 Å². The van der Waals surface area contributed by atoms with Gasteiger partial charge in [0.05, 0.1) is 30.6 Å². The van der Waals surface area contributed by atoms with Gasteiger partial charge in [0.2, 0.25) is 6.19 Å². The van der Waals surface area contributed by atoms with Crippen molar-refractivity contribution in [3.8, 4) is 6.19 Å². The molecular formula is C9H15N5O2. The maximum atomic E-state index is 9.37. The number of nitriles is 1. The Morgan fingerprint density at radius 3 is 2.94 bits per heavy atom. The summed E-state index contributed by atoms with van der Waals surface area (Å²) in [6.45, 7) is 0.260. The quantitative estimate of drug-likeness (QED) is 0.627. The standard InChI is InChI=1S/C9H15N5O2/c1-11-9(5-15,6-16-2)3-8-4-14(7-10)13-12-8/h4,11,15H,3,5-6H2,1-2H3. The average Bonchev–Trinajstić information content (AvgIpc) is 2.76. The minimum atomic E-state index is -0.592. The highest BCUT2D eigenvalue weighted by Gasteiger charge is 2.29. The molecule has 0 fully saturated rings. The van der Waals surface area contributed by atoms with Gasteiger partial charge in [0, 0.05) is 13.5 Å². The molecule has 1 heterocycles. The van der Waals surface area contributed by atoms with Crippen LogP contribution in [-0.4, -0.2) is 53.0 Å². The highest BCUT2D eigenvalue weighted by atomic mass is 16.5. The molecular weight excluding hydrogens is 210 g/mol. The van der Waals surface area contributed by atoms with Crippen molar-refractivity contribution in [1.29, 1.82) is 5.26 Å². The second-order valence-corrected chi connectivity index (χ2v) is 3.55. The fourth-order valence-electron chi connectivity index (χ4n) is 1.44. The molecule has 1 aromatic rings. The maximum absolute atomic E-state index is 9.37. The van der Waals surface area contributed by atoms with Gasteiger partial charge in [-0.2, -0.15) is 9.94 Å². The van der Waals surface area contributed by atoms with Crippen LogP contribution in [0.3, 0.4) is 0 Å². The number of hydrogen-bond donors (Lipinski definition) is 2. The van der Waals surface area contributed by atoms with Crippen LogP contribution in [0, 0.1) is 11.5 Å². The van der Waals surface area contributed by atoms with Crippen molar-refractivity contribution in [3.63, 3.8) is 0 Å². The van der Waals surface area contributed by atoms with Crippen LogP contribution in [0.15, 0.2) is 6.20 Å². The van der Waals surface area contributed by atoms with Crippen molar-refractivity contribution in [2.75, 3.05) is 27.4 Å². The van der Waals surface area contributed by atoms with Crippen LogP contribution < -0.4 is 5.32 Å². The minimum absolute atomic E-state index is 0.0866. The number of ether oxygens (including phenoxy) is 1. The van der Waals surface area contributed by atoms with Crippen LogP contribution in [0.4, 0.5) is 0 Å². The highest BCUT2D eigenvalue weighted by Crippen LogP contribution is 2.11. The predicted octanol–water partition coefficient (Wildman–Crippen LogP) is -1.25. The van der Waals surface area contributed by atoms with E-state index >= 15 is 0 Å². The van der Waals surface area contributed by atoms with Crippen LogP contribution in [-0.2, 0) is 11.2 Å². The average molecular weight is 225 g/mol. The van der Waals surface area contributed by atoms with E-state index in [0.717, 1.165) is 4.68 Å². The first-order chi connectivity index (χ1) is 7.69. The molecule has 7 heteroatoms. The Kier molecular flexibility index (Phi) is 4.37. The lowest BCUT2D eigenvalue weighted by Crippen LogP contribution is -2.52. The van der Waals surface area contributed by atoms with E-state index in [4.69, 9.17) is 10.00 Å². The summed E-state index contributed by atoms with van der Waals surface area (Å²) in [5.74, 6) is 0. The Morgan fingerprint density at radius 1 is 1.75 bits per heavy atom. The van der Waals surface area contributed by atoms with Gasteiger partial charge in [0.1, 0.15) is 0 Å². The van der Waals surface area contributed by atoms with Crippen LogP contribution in [0.5, 0.6) is 0 Å². The number of likely N-dealkylation sites (N-methyl/N-ethyl adjacent to an activating group) is 1. The predicted molar refractivity (Wildman–Crippen MR) is 55.5 cm³/mol. The summed E-state index contributed by atoms with van der Waals surface area (Å²) in [4.78, 5) is 0. The van der Waals surface area contributed by atoms with Crippen LogP contribution in [0.25, 0.3) is 0 Å². The number of rotatable bonds is 6. The second kappa shape index (κ2) is 5.55. The maximum Gasteiger partial charge on any atom is 0.207 e. The second-order valence-electron chi connectivity index (χ2n) is 3.55. The molecule has 0 aliphatic carbocycles. The minimum Gasteiger partial charge on any atom is -0.394 e. The molecule has 1 rings (SSSR count). The smallest absolute Gasteiger partial charge is 0.207 e. The van der Waals surface area contributed by atoms with Crippen molar-refractivity contribution in [2.45, 2.75) is 12.0 Å². The monoisotopic (exact) mass is 225 g/mol. The summed E-state index contributed by atoms with van der Waals surface area (Å²) < 4.78 is 6.12. The lowest BCUT2D eigenvalue weighted by atomic mass is 9.96. The van der Waals surface area contributed by atoms with Gasteiger partial charge in [-0.3, -0.25) is 0 Å². The first-order valence-electron chi connectivity index (χ1n) is 4.80. The van der Waals surface area contributed by atoms with Crippen LogP contribution in [0.1, 0.15) is 5.69 Å². The third kappa shape index (κ3) is 2.76. The molecule has 16 heavy (non-hydrogen) atoms. The molecule has 0 spiro atoms. The van der Waals surface area contributed by atoms with E-state index in [2.05, 4.69) is 15.6 Å². The summed E-state index contributed by atoms with van der Waals surface area (Å²) in [6.07, 6.45) is 3.80. The van der Waals surface area contributed by atoms with Crippen molar-refractivity contribution in [2.24, 2.45) is 0 Å². The number of hydrogen-bond acceptors (Lipinski definition) is 6. The summed E-state index contributed by atoms with van der Waals surface area (Å²) >= 11 is 0. The van der Waals surface area contributed by atoms with E-state index < -0.39 is 5.54 Å². The molecule has 1 unspecified atom stereocenters. The number of aliphatic hydroxyl groups excluding tert-OH is 1. The zero-order chi connectivity index (χ0) is 12.0. The number of nitrogens with zero attached hydrogens (tertiary/aromatic N) is 4. The van der Waals surface area contributed by atoms with Gasteiger partial charge >= 0.3 is 0 Å². The molecule has 2 N–H and O–H groups in total. The topological polar surface area (TPSA) is 96.0 Å². The van der Waals surface area contributed by atoms with E-state index in [1.807, 2.05) is 6.19 Å². The van der Waals surface area contributed by atoms with E-state index in [0.29, 0.717) is 18.7 Å². The van der Waals surface area contributed by atoms with Crippen LogP contribution in [0.2, 0.25) is 0 Å². The van der Waals surface area contributed by atoms with E-state index in [1.54, 1.807) is 14.2 Å². The highest BCUT2D eigenvalue weighted by molar-refractivity contribution is 5.04. The normalized spacial score (nSPS) is 14.4. The lowest BCUT2D eigenvalue weighted by molar-refractivity contribution is 0.0666.